The van der Waals surface area contributed by atoms with E-state index in [1.54, 1.807) is 20.8 Å². The fraction of sp³-hybridized carbons (Fsp3) is 0.409. The highest BCUT2D eigenvalue weighted by Gasteiger charge is 2.25. The van der Waals surface area contributed by atoms with Crippen LogP contribution in [-0.2, 0) is 17.7 Å². The van der Waals surface area contributed by atoms with Gasteiger partial charge >= 0.3 is 6.09 Å². The fourth-order valence-electron chi connectivity index (χ4n) is 2.83. The second-order valence-electron chi connectivity index (χ2n) is 7.92. The van der Waals surface area contributed by atoms with Gasteiger partial charge in [-0.05, 0) is 50.5 Å². The summed E-state index contributed by atoms with van der Waals surface area (Å²) in [4.78, 5) is 12.2. The lowest BCUT2D eigenvalue weighted by Crippen LogP contribution is -2.49. The number of alkyl carbamates (subject to hydrolysis) is 1. The highest BCUT2D eigenvalue weighted by atomic mass is 19.1. The summed E-state index contributed by atoms with van der Waals surface area (Å²) in [5, 5.41) is 16.3. The Labute approximate surface area is 170 Å². The molecule has 2 atom stereocenters. The van der Waals surface area contributed by atoms with Crippen molar-refractivity contribution in [1.82, 2.24) is 10.6 Å². The number of ether oxygens (including phenoxy) is 1. The Morgan fingerprint density at radius 3 is 2.28 bits per heavy atom. The molecule has 3 N–H and O–H groups in total. The molecule has 0 aromatic heterocycles. The van der Waals surface area contributed by atoms with Crippen LogP contribution in [0.5, 0.6) is 0 Å². The third-order valence-electron chi connectivity index (χ3n) is 4.07. The average molecular weight is 406 g/mol. The Morgan fingerprint density at radius 1 is 1.07 bits per heavy atom. The van der Waals surface area contributed by atoms with E-state index in [9.17, 15) is 18.7 Å². The minimum Gasteiger partial charge on any atom is -0.444 e. The zero-order chi connectivity index (χ0) is 21.4. The first-order valence-electron chi connectivity index (χ1n) is 9.49. The van der Waals surface area contributed by atoms with E-state index in [0.717, 1.165) is 11.6 Å². The maximum absolute atomic E-state index is 13.5. The quantitative estimate of drug-likeness (QED) is 0.627. The third-order valence-corrected chi connectivity index (χ3v) is 4.07. The molecule has 0 unspecified atom stereocenters. The van der Waals surface area contributed by atoms with E-state index < -0.39 is 35.5 Å². The molecule has 29 heavy (non-hydrogen) atoms. The van der Waals surface area contributed by atoms with Crippen LogP contribution in [-0.4, -0.2) is 35.5 Å². The summed E-state index contributed by atoms with van der Waals surface area (Å²) in [5.41, 5.74) is 0.657. The summed E-state index contributed by atoms with van der Waals surface area (Å²) < 4.78 is 32.3. The van der Waals surface area contributed by atoms with Crippen molar-refractivity contribution in [3.63, 3.8) is 0 Å². The van der Waals surface area contributed by atoms with Gasteiger partial charge in [-0.25, -0.2) is 13.6 Å². The molecule has 0 bridgehead atoms. The maximum atomic E-state index is 13.5. The normalized spacial score (nSPS) is 13.6. The number of amides is 1. The van der Waals surface area contributed by atoms with Gasteiger partial charge in [-0.3, -0.25) is 0 Å². The van der Waals surface area contributed by atoms with Crippen molar-refractivity contribution in [1.29, 1.82) is 0 Å². The van der Waals surface area contributed by atoms with Crippen LogP contribution in [0.25, 0.3) is 0 Å². The summed E-state index contributed by atoms with van der Waals surface area (Å²) in [6.07, 6.45) is -1.67. The Kier molecular flexibility index (Phi) is 8.10. The monoisotopic (exact) mass is 406 g/mol. The lowest BCUT2D eigenvalue weighted by molar-refractivity contribution is 0.0422. The standard InChI is InChI=1S/C22H28F2N2O3/c1-22(2,3)29-21(28)26-19(11-16-9-17(23)12-18(24)10-16)20(27)14-25-13-15-7-5-4-6-8-15/h4-10,12,19-20,25,27H,11,13-14H2,1-3H3,(H,26,28)/t19-,20+/m0/s1. The predicted octanol–water partition coefficient (Wildman–Crippen LogP) is 3.55. The van der Waals surface area contributed by atoms with Crippen molar-refractivity contribution in [2.45, 2.75) is 51.5 Å². The molecule has 0 fully saturated rings. The molecule has 0 aliphatic rings. The molecule has 7 heteroatoms. The minimum absolute atomic E-state index is 0.0438. The van der Waals surface area contributed by atoms with Crippen LogP contribution >= 0.6 is 0 Å². The van der Waals surface area contributed by atoms with Crippen molar-refractivity contribution in [2.75, 3.05) is 6.54 Å². The summed E-state index contributed by atoms with van der Waals surface area (Å²) in [5.74, 6) is -1.43. The van der Waals surface area contributed by atoms with Gasteiger partial charge in [0.1, 0.15) is 17.2 Å². The van der Waals surface area contributed by atoms with Crippen LogP contribution < -0.4 is 10.6 Å². The lowest BCUT2D eigenvalue weighted by atomic mass is 10.0. The van der Waals surface area contributed by atoms with Crippen molar-refractivity contribution in [2.24, 2.45) is 0 Å². The summed E-state index contributed by atoms with van der Waals surface area (Å²) in [6, 6.07) is 12.0. The molecule has 2 rings (SSSR count). The lowest BCUT2D eigenvalue weighted by Gasteiger charge is -2.27. The van der Waals surface area contributed by atoms with E-state index in [0.29, 0.717) is 12.1 Å². The van der Waals surface area contributed by atoms with Crippen molar-refractivity contribution < 1.29 is 23.4 Å². The third kappa shape index (κ3) is 8.58. The fourth-order valence-corrected chi connectivity index (χ4v) is 2.83. The summed E-state index contributed by atoms with van der Waals surface area (Å²) >= 11 is 0. The van der Waals surface area contributed by atoms with E-state index in [-0.39, 0.29) is 13.0 Å². The number of rotatable bonds is 8. The number of aliphatic hydroxyl groups excluding tert-OH is 1. The van der Waals surface area contributed by atoms with Gasteiger partial charge in [-0.15, -0.1) is 0 Å². The number of benzene rings is 2. The molecule has 0 aliphatic heterocycles. The molecule has 2 aromatic rings. The average Bonchev–Trinajstić information content (AvgIpc) is 2.59. The zero-order valence-electron chi connectivity index (χ0n) is 16.9. The Bertz CT molecular complexity index is 774. The largest absolute Gasteiger partial charge is 0.444 e. The zero-order valence-corrected chi connectivity index (χ0v) is 16.9. The van der Waals surface area contributed by atoms with Gasteiger partial charge in [0, 0.05) is 19.2 Å². The Hall–Kier alpha value is -2.51. The molecule has 0 aliphatic carbocycles. The number of hydrogen-bond donors (Lipinski definition) is 3. The number of hydrogen-bond acceptors (Lipinski definition) is 4. The van der Waals surface area contributed by atoms with Crippen LogP contribution in [0.2, 0.25) is 0 Å². The Balaban J connectivity index is 2.04. The van der Waals surface area contributed by atoms with Crippen molar-refractivity contribution >= 4 is 6.09 Å². The molecule has 5 nitrogen and oxygen atoms in total. The first-order valence-corrected chi connectivity index (χ1v) is 9.49. The second-order valence-corrected chi connectivity index (χ2v) is 7.92. The molecule has 0 heterocycles. The van der Waals surface area contributed by atoms with Crippen LogP contribution in [0.1, 0.15) is 31.9 Å². The van der Waals surface area contributed by atoms with E-state index in [1.807, 2.05) is 30.3 Å². The molecular weight excluding hydrogens is 378 g/mol. The summed E-state index contributed by atoms with van der Waals surface area (Å²) in [7, 11) is 0. The molecule has 158 valence electrons. The highest BCUT2D eigenvalue weighted by Crippen LogP contribution is 2.13. The maximum Gasteiger partial charge on any atom is 0.407 e. The van der Waals surface area contributed by atoms with Gasteiger partial charge in [0.15, 0.2) is 0 Å². The second kappa shape index (κ2) is 10.3. The van der Waals surface area contributed by atoms with Crippen molar-refractivity contribution in [3.05, 3.63) is 71.3 Å². The first kappa shape index (κ1) is 22.8. The number of nitrogens with one attached hydrogen (secondary N) is 2. The van der Waals surface area contributed by atoms with Crippen LogP contribution in [0.3, 0.4) is 0 Å². The molecular formula is C22H28F2N2O3. The molecule has 2 aromatic carbocycles. The first-order chi connectivity index (χ1) is 13.6. The smallest absolute Gasteiger partial charge is 0.407 e. The number of carbonyl (C=O) groups is 1. The van der Waals surface area contributed by atoms with Crippen LogP contribution in [0, 0.1) is 11.6 Å². The van der Waals surface area contributed by atoms with Gasteiger partial charge in [0.2, 0.25) is 0 Å². The van der Waals surface area contributed by atoms with Gasteiger partial charge in [-0.2, -0.15) is 0 Å². The number of aliphatic hydroxyl groups is 1. The van der Waals surface area contributed by atoms with Gasteiger partial charge in [0.05, 0.1) is 12.1 Å². The number of carbonyl (C=O) groups excluding carboxylic acids is 1. The molecule has 1 amide bonds. The predicted molar refractivity (Wildman–Crippen MR) is 107 cm³/mol. The van der Waals surface area contributed by atoms with Crippen molar-refractivity contribution in [3.8, 4) is 0 Å². The molecule has 0 radical (unpaired) electrons. The number of halogens is 2. The Morgan fingerprint density at radius 2 is 1.69 bits per heavy atom. The molecule has 0 saturated carbocycles. The van der Waals surface area contributed by atoms with E-state index in [2.05, 4.69) is 10.6 Å². The SMILES string of the molecule is CC(C)(C)OC(=O)N[C@@H](Cc1cc(F)cc(F)c1)[C@H](O)CNCc1ccccc1. The molecule has 0 saturated heterocycles. The van der Waals surface area contributed by atoms with Gasteiger partial charge in [-0.1, -0.05) is 30.3 Å². The van der Waals surface area contributed by atoms with Crippen LogP contribution in [0.4, 0.5) is 13.6 Å². The van der Waals surface area contributed by atoms with Crippen LogP contribution in [0.15, 0.2) is 48.5 Å². The molecule has 0 spiro atoms. The highest BCUT2D eigenvalue weighted by molar-refractivity contribution is 5.68. The minimum atomic E-state index is -1.00. The van der Waals surface area contributed by atoms with Gasteiger partial charge < -0.3 is 20.5 Å². The topological polar surface area (TPSA) is 70.6 Å². The van der Waals surface area contributed by atoms with Gasteiger partial charge in [0.25, 0.3) is 0 Å². The van der Waals surface area contributed by atoms with E-state index in [1.165, 1.54) is 12.1 Å². The van der Waals surface area contributed by atoms with E-state index in [4.69, 9.17) is 4.74 Å². The van der Waals surface area contributed by atoms with E-state index >= 15 is 0 Å². The summed E-state index contributed by atoms with van der Waals surface area (Å²) in [6.45, 7) is 5.88.